The zero-order valence-electron chi connectivity index (χ0n) is 13.9. The second-order valence-electron chi connectivity index (χ2n) is 6.28. The van der Waals surface area contributed by atoms with E-state index in [0.717, 1.165) is 35.3 Å². The van der Waals surface area contributed by atoms with E-state index < -0.39 is 0 Å². The molecule has 120 valence electrons. The van der Waals surface area contributed by atoms with Crippen LogP contribution in [0.1, 0.15) is 44.2 Å². The van der Waals surface area contributed by atoms with E-state index in [1.165, 1.54) is 13.3 Å². The van der Waals surface area contributed by atoms with Crippen molar-refractivity contribution in [2.75, 3.05) is 7.11 Å². The number of carbonyl (C=O) groups is 1. The van der Waals surface area contributed by atoms with Gasteiger partial charge < -0.3 is 9.47 Å². The number of hydrogen-bond donors (Lipinski definition) is 0. The summed E-state index contributed by atoms with van der Waals surface area (Å²) >= 11 is 0. The highest BCUT2D eigenvalue weighted by molar-refractivity contribution is 5.78. The summed E-state index contributed by atoms with van der Waals surface area (Å²) in [5.41, 5.74) is 3.03. The van der Waals surface area contributed by atoms with Gasteiger partial charge in [0.1, 0.15) is 11.9 Å². The summed E-state index contributed by atoms with van der Waals surface area (Å²) in [7, 11) is 1.67. The summed E-state index contributed by atoms with van der Waals surface area (Å²) in [5, 5.41) is 0. The molecule has 3 nitrogen and oxygen atoms in total. The van der Waals surface area contributed by atoms with Crippen LogP contribution >= 0.6 is 0 Å². The van der Waals surface area contributed by atoms with Gasteiger partial charge in [-0.15, -0.1) is 5.92 Å². The third kappa shape index (κ3) is 3.12. The molecule has 23 heavy (non-hydrogen) atoms. The van der Waals surface area contributed by atoms with Crippen LogP contribution in [0, 0.1) is 23.7 Å². The van der Waals surface area contributed by atoms with Crippen LogP contribution in [0.15, 0.2) is 24.3 Å². The number of carbonyl (C=O) groups excluding carboxylic acids is 1. The van der Waals surface area contributed by atoms with Crippen molar-refractivity contribution in [2.24, 2.45) is 11.8 Å². The second kappa shape index (κ2) is 6.50. The van der Waals surface area contributed by atoms with Gasteiger partial charge in [-0.05, 0) is 55.9 Å². The minimum absolute atomic E-state index is 0.164. The van der Waals surface area contributed by atoms with Crippen LogP contribution in [0.2, 0.25) is 0 Å². The molecule has 3 heteroatoms. The standard InChI is InChI=1S/C20H22O3/c1-4-5-14-7-9-17(19(12-14)22-3)18-11-15-6-8-16(10-15)20(18)23-13(2)21/h7,9,11-12,15-16,20H,6,8,10H2,1-3H3. The molecule has 0 spiro atoms. The molecule has 3 rings (SSSR count). The normalized spacial score (nSPS) is 25.2. The van der Waals surface area contributed by atoms with Crippen molar-refractivity contribution in [3.63, 3.8) is 0 Å². The highest BCUT2D eigenvalue weighted by atomic mass is 16.5. The largest absolute Gasteiger partial charge is 0.496 e. The number of fused-ring (bicyclic) bond motifs is 2. The average molecular weight is 310 g/mol. The molecule has 0 saturated heterocycles. The number of hydrogen-bond acceptors (Lipinski definition) is 3. The first-order valence-corrected chi connectivity index (χ1v) is 8.12. The van der Waals surface area contributed by atoms with Gasteiger partial charge in [0.25, 0.3) is 0 Å². The van der Waals surface area contributed by atoms with Crippen LogP contribution in [0.25, 0.3) is 5.57 Å². The Morgan fingerprint density at radius 2 is 2.13 bits per heavy atom. The van der Waals surface area contributed by atoms with Crippen LogP contribution < -0.4 is 4.74 Å². The molecule has 1 aromatic rings. The van der Waals surface area contributed by atoms with Gasteiger partial charge in [-0.3, -0.25) is 4.79 Å². The number of esters is 1. The number of benzene rings is 1. The third-order valence-electron chi connectivity index (χ3n) is 4.74. The maximum absolute atomic E-state index is 11.6. The molecule has 0 heterocycles. The van der Waals surface area contributed by atoms with E-state index in [1.807, 2.05) is 25.1 Å². The highest BCUT2D eigenvalue weighted by Crippen LogP contribution is 2.47. The molecular formula is C20H22O3. The van der Waals surface area contributed by atoms with Gasteiger partial charge in [0, 0.05) is 24.0 Å². The number of allylic oxidation sites excluding steroid dienone is 1. The van der Waals surface area contributed by atoms with Crippen molar-refractivity contribution in [1.29, 1.82) is 0 Å². The summed E-state index contributed by atoms with van der Waals surface area (Å²) in [6, 6.07) is 5.98. The predicted octanol–water partition coefficient (Wildman–Crippen LogP) is 3.81. The highest BCUT2D eigenvalue weighted by Gasteiger charge is 2.39. The number of ether oxygens (including phenoxy) is 2. The van der Waals surface area contributed by atoms with Crippen molar-refractivity contribution >= 4 is 11.5 Å². The smallest absolute Gasteiger partial charge is 0.303 e. The molecule has 2 aliphatic carbocycles. The van der Waals surface area contributed by atoms with Crippen molar-refractivity contribution < 1.29 is 14.3 Å². The minimum Gasteiger partial charge on any atom is -0.496 e. The molecule has 1 saturated carbocycles. The van der Waals surface area contributed by atoms with E-state index >= 15 is 0 Å². The lowest BCUT2D eigenvalue weighted by atomic mass is 9.83. The van der Waals surface area contributed by atoms with Crippen molar-refractivity contribution in [1.82, 2.24) is 0 Å². The van der Waals surface area contributed by atoms with Gasteiger partial charge in [-0.2, -0.15) is 0 Å². The Kier molecular flexibility index (Phi) is 4.43. The SMILES string of the molecule is CC#Cc1ccc(C2=CC3CCC(C3)C2OC(C)=O)c(OC)c1. The topological polar surface area (TPSA) is 35.5 Å². The summed E-state index contributed by atoms with van der Waals surface area (Å²) in [6.45, 7) is 3.30. The Morgan fingerprint density at radius 3 is 2.83 bits per heavy atom. The van der Waals surface area contributed by atoms with Crippen LogP contribution in [-0.4, -0.2) is 19.2 Å². The summed E-state index contributed by atoms with van der Waals surface area (Å²) in [5.74, 6) is 7.52. The molecule has 3 atom stereocenters. The predicted molar refractivity (Wildman–Crippen MR) is 89.9 cm³/mol. The molecule has 0 amide bonds. The average Bonchev–Trinajstić information content (AvgIpc) is 2.93. The Balaban J connectivity index is 2.03. The first-order chi connectivity index (χ1) is 11.1. The summed E-state index contributed by atoms with van der Waals surface area (Å²) < 4.78 is 11.3. The second-order valence-corrected chi connectivity index (χ2v) is 6.28. The molecule has 1 aromatic carbocycles. The van der Waals surface area contributed by atoms with Gasteiger partial charge in [0.05, 0.1) is 7.11 Å². The number of rotatable bonds is 3. The van der Waals surface area contributed by atoms with Crippen LogP contribution in [0.5, 0.6) is 5.75 Å². The summed E-state index contributed by atoms with van der Waals surface area (Å²) in [4.78, 5) is 11.6. The minimum atomic E-state index is -0.223. The Hall–Kier alpha value is -2.21. The van der Waals surface area contributed by atoms with E-state index in [4.69, 9.17) is 9.47 Å². The molecule has 0 aliphatic heterocycles. The van der Waals surface area contributed by atoms with E-state index in [-0.39, 0.29) is 12.1 Å². The molecule has 2 bridgehead atoms. The van der Waals surface area contributed by atoms with Crippen LogP contribution in [0.4, 0.5) is 0 Å². The maximum atomic E-state index is 11.6. The Bertz CT molecular complexity index is 705. The van der Waals surface area contributed by atoms with Crippen molar-refractivity contribution in [2.45, 2.75) is 39.2 Å². The monoisotopic (exact) mass is 310 g/mol. The fourth-order valence-corrected chi connectivity index (χ4v) is 3.82. The van der Waals surface area contributed by atoms with E-state index in [9.17, 15) is 4.79 Å². The lowest BCUT2D eigenvalue weighted by molar-refractivity contribution is -0.145. The molecule has 2 aliphatic rings. The number of methoxy groups -OCH3 is 1. The zero-order chi connectivity index (χ0) is 16.4. The first kappa shape index (κ1) is 15.7. The van der Waals surface area contributed by atoms with Crippen LogP contribution in [-0.2, 0) is 9.53 Å². The van der Waals surface area contributed by atoms with Gasteiger partial charge in [-0.1, -0.05) is 12.0 Å². The van der Waals surface area contributed by atoms with E-state index in [1.54, 1.807) is 7.11 Å². The quantitative estimate of drug-likeness (QED) is 0.629. The molecule has 0 radical (unpaired) electrons. The van der Waals surface area contributed by atoms with Gasteiger partial charge in [0.15, 0.2) is 0 Å². The molecule has 1 fully saturated rings. The van der Waals surface area contributed by atoms with Crippen LogP contribution in [0.3, 0.4) is 0 Å². The molecular weight excluding hydrogens is 288 g/mol. The van der Waals surface area contributed by atoms with Gasteiger partial charge >= 0.3 is 5.97 Å². The van der Waals surface area contributed by atoms with E-state index in [0.29, 0.717) is 11.8 Å². The zero-order valence-corrected chi connectivity index (χ0v) is 13.9. The fourth-order valence-electron chi connectivity index (χ4n) is 3.82. The lowest BCUT2D eigenvalue weighted by Crippen LogP contribution is -2.28. The van der Waals surface area contributed by atoms with Crippen molar-refractivity contribution in [3.05, 3.63) is 35.4 Å². The van der Waals surface area contributed by atoms with Gasteiger partial charge in [-0.25, -0.2) is 0 Å². The maximum Gasteiger partial charge on any atom is 0.303 e. The lowest BCUT2D eigenvalue weighted by Gasteiger charge is -2.30. The Morgan fingerprint density at radius 1 is 1.30 bits per heavy atom. The Labute approximate surface area is 137 Å². The summed E-state index contributed by atoms with van der Waals surface area (Å²) in [6.07, 6.45) is 5.52. The van der Waals surface area contributed by atoms with Gasteiger partial charge in [0.2, 0.25) is 0 Å². The fraction of sp³-hybridized carbons (Fsp3) is 0.450. The van der Waals surface area contributed by atoms with Crippen molar-refractivity contribution in [3.8, 4) is 17.6 Å². The molecule has 0 aromatic heterocycles. The third-order valence-corrected chi connectivity index (χ3v) is 4.74. The van der Waals surface area contributed by atoms with E-state index in [2.05, 4.69) is 17.9 Å². The molecule has 3 unspecified atom stereocenters. The molecule has 0 N–H and O–H groups in total. The first-order valence-electron chi connectivity index (χ1n) is 8.12.